The molecule has 1 heterocycles. The summed E-state index contributed by atoms with van der Waals surface area (Å²) in [6.45, 7) is 5.90. The Bertz CT molecular complexity index is 375. The predicted molar refractivity (Wildman–Crippen MR) is 63.8 cm³/mol. The highest BCUT2D eigenvalue weighted by molar-refractivity contribution is 5.27. The molecule has 0 saturated carbocycles. The third kappa shape index (κ3) is 3.96. The van der Waals surface area contributed by atoms with Gasteiger partial charge in [0.05, 0.1) is 6.61 Å². The first kappa shape index (κ1) is 13.9. The molecule has 1 aromatic rings. The van der Waals surface area contributed by atoms with E-state index in [-0.39, 0.29) is 23.6 Å². The maximum Gasteiger partial charge on any atom is 0.139 e. The van der Waals surface area contributed by atoms with Crippen LogP contribution in [0.5, 0.6) is 5.75 Å². The van der Waals surface area contributed by atoms with E-state index in [1.807, 2.05) is 20.8 Å². The molecular weight excluding hydrogens is 220 g/mol. The fourth-order valence-electron chi connectivity index (χ4n) is 1.35. The van der Waals surface area contributed by atoms with Crippen LogP contribution >= 0.6 is 0 Å². The summed E-state index contributed by atoms with van der Waals surface area (Å²) in [5, 5.41) is 29.3. The number of hydrogen-bond donors (Lipinski definition) is 3. The molecule has 0 saturated heterocycles. The van der Waals surface area contributed by atoms with Gasteiger partial charge in [0.15, 0.2) is 0 Å². The lowest BCUT2D eigenvalue weighted by Gasteiger charge is -2.29. The molecule has 0 radical (unpaired) electrons. The second-order valence-electron chi connectivity index (χ2n) is 4.97. The maximum atomic E-state index is 9.73. The van der Waals surface area contributed by atoms with Gasteiger partial charge in [-0.25, -0.2) is 0 Å². The number of hydroxylamine groups is 2. The Kier molecular flexibility index (Phi) is 4.45. The van der Waals surface area contributed by atoms with E-state index in [9.17, 15) is 10.3 Å². The number of hydrogen-bond acceptors (Lipinski definition) is 5. The Morgan fingerprint density at radius 3 is 2.47 bits per heavy atom. The fourth-order valence-corrected chi connectivity index (χ4v) is 1.35. The highest BCUT2D eigenvalue weighted by Crippen LogP contribution is 2.16. The minimum absolute atomic E-state index is 0.00655. The van der Waals surface area contributed by atoms with E-state index in [1.165, 1.54) is 11.1 Å². The zero-order chi connectivity index (χ0) is 13.1. The number of pyridine rings is 1. The van der Waals surface area contributed by atoms with Gasteiger partial charge in [0, 0.05) is 24.2 Å². The SMILES string of the molecule is CC(C)(C)N(O)CCc1ccc(O)c(CO)n1. The summed E-state index contributed by atoms with van der Waals surface area (Å²) in [5.41, 5.74) is 0.689. The quantitative estimate of drug-likeness (QED) is 0.692. The summed E-state index contributed by atoms with van der Waals surface area (Å²) in [4.78, 5) is 4.11. The van der Waals surface area contributed by atoms with Gasteiger partial charge in [-0.05, 0) is 32.9 Å². The van der Waals surface area contributed by atoms with Crippen molar-refractivity contribution >= 4 is 0 Å². The summed E-state index contributed by atoms with van der Waals surface area (Å²) in [5.74, 6) is -0.00655. The molecule has 17 heavy (non-hydrogen) atoms. The number of aromatic hydroxyl groups is 1. The summed E-state index contributed by atoms with van der Waals surface area (Å²) in [7, 11) is 0. The van der Waals surface area contributed by atoms with Gasteiger partial charge in [-0.1, -0.05) is 0 Å². The molecule has 0 unspecified atom stereocenters. The van der Waals surface area contributed by atoms with Crippen LogP contribution in [0.4, 0.5) is 0 Å². The van der Waals surface area contributed by atoms with Crippen LogP contribution in [-0.4, -0.2) is 37.6 Å². The van der Waals surface area contributed by atoms with Gasteiger partial charge >= 0.3 is 0 Å². The molecule has 0 aliphatic heterocycles. The van der Waals surface area contributed by atoms with Crippen LogP contribution in [0.2, 0.25) is 0 Å². The summed E-state index contributed by atoms with van der Waals surface area (Å²) >= 11 is 0. The Labute approximate surface area is 101 Å². The number of aromatic nitrogens is 1. The third-order valence-electron chi connectivity index (χ3n) is 2.51. The van der Waals surface area contributed by atoms with Gasteiger partial charge in [0.1, 0.15) is 11.4 Å². The van der Waals surface area contributed by atoms with Crippen molar-refractivity contribution in [1.82, 2.24) is 10.0 Å². The van der Waals surface area contributed by atoms with Crippen molar-refractivity contribution in [2.75, 3.05) is 6.54 Å². The van der Waals surface area contributed by atoms with Gasteiger partial charge in [0.2, 0.25) is 0 Å². The van der Waals surface area contributed by atoms with E-state index in [1.54, 1.807) is 6.07 Å². The summed E-state index contributed by atoms with van der Waals surface area (Å²) in [6.07, 6.45) is 0.557. The van der Waals surface area contributed by atoms with Crippen molar-refractivity contribution in [1.29, 1.82) is 0 Å². The second-order valence-corrected chi connectivity index (χ2v) is 4.97. The fraction of sp³-hybridized carbons (Fsp3) is 0.583. The molecule has 1 rings (SSSR count). The minimum atomic E-state index is -0.309. The van der Waals surface area contributed by atoms with Gasteiger partial charge in [0.25, 0.3) is 0 Å². The first-order chi connectivity index (χ1) is 7.84. The predicted octanol–water partition coefficient (Wildman–Crippen LogP) is 1.31. The number of rotatable bonds is 4. The van der Waals surface area contributed by atoms with Crippen molar-refractivity contribution in [2.24, 2.45) is 0 Å². The summed E-state index contributed by atoms with van der Waals surface area (Å²) in [6, 6.07) is 3.19. The molecule has 0 spiro atoms. The zero-order valence-electron chi connectivity index (χ0n) is 10.5. The molecule has 5 nitrogen and oxygen atoms in total. The van der Waals surface area contributed by atoms with Crippen LogP contribution in [-0.2, 0) is 13.0 Å². The Morgan fingerprint density at radius 1 is 1.29 bits per heavy atom. The molecule has 5 heteroatoms. The molecule has 0 aromatic carbocycles. The van der Waals surface area contributed by atoms with Crippen LogP contribution in [0.15, 0.2) is 12.1 Å². The lowest BCUT2D eigenvalue weighted by Crippen LogP contribution is -2.39. The monoisotopic (exact) mass is 240 g/mol. The molecule has 96 valence electrons. The minimum Gasteiger partial charge on any atom is -0.506 e. The van der Waals surface area contributed by atoms with E-state index in [0.29, 0.717) is 13.0 Å². The van der Waals surface area contributed by atoms with Crippen LogP contribution in [0, 0.1) is 0 Å². The smallest absolute Gasteiger partial charge is 0.139 e. The van der Waals surface area contributed by atoms with Gasteiger partial charge < -0.3 is 15.4 Å². The molecule has 0 bridgehead atoms. The molecule has 0 aliphatic rings. The topological polar surface area (TPSA) is 76.8 Å². The van der Waals surface area contributed by atoms with E-state index >= 15 is 0 Å². The lowest BCUT2D eigenvalue weighted by atomic mass is 10.1. The highest BCUT2D eigenvalue weighted by atomic mass is 16.5. The average Bonchev–Trinajstić information content (AvgIpc) is 2.26. The first-order valence-electron chi connectivity index (χ1n) is 5.59. The second kappa shape index (κ2) is 5.44. The van der Waals surface area contributed by atoms with Crippen molar-refractivity contribution in [2.45, 2.75) is 39.3 Å². The van der Waals surface area contributed by atoms with E-state index in [0.717, 1.165) is 5.69 Å². The molecular formula is C12H20N2O3. The zero-order valence-corrected chi connectivity index (χ0v) is 10.5. The lowest BCUT2D eigenvalue weighted by molar-refractivity contribution is -0.154. The van der Waals surface area contributed by atoms with Crippen LogP contribution in [0.1, 0.15) is 32.2 Å². The van der Waals surface area contributed by atoms with Crippen LogP contribution < -0.4 is 0 Å². The maximum absolute atomic E-state index is 9.73. The van der Waals surface area contributed by atoms with Crippen molar-refractivity contribution in [3.8, 4) is 5.75 Å². The van der Waals surface area contributed by atoms with E-state index in [2.05, 4.69) is 4.98 Å². The van der Waals surface area contributed by atoms with Crippen molar-refractivity contribution in [3.05, 3.63) is 23.5 Å². The first-order valence-corrected chi connectivity index (χ1v) is 5.59. The van der Waals surface area contributed by atoms with E-state index < -0.39 is 0 Å². The van der Waals surface area contributed by atoms with Gasteiger partial charge in [-0.15, -0.1) is 0 Å². The number of aliphatic hydroxyl groups excluding tert-OH is 1. The van der Waals surface area contributed by atoms with Crippen LogP contribution in [0.25, 0.3) is 0 Å². The van der Waals surface area contributed by atoms with Crippen molar-refractivity contribution in [3.63, 3.8) is 0 Å². The number of nitrogens with zero attached hydrogens (tertiary/aromatic N) is 2. The number of aliphatic hydroxyl groups is 1. The Morgan fingerprint density at radius 2 is 1.94 bits per heavy atom. The Balaban J connectivity index is 2.64. The van der Waals surface area contributed by atoms with E-state index in [4.69, 9.17) is 5.11 Å². The molecule has 3 N–H and O–H groups in total. The third-order valence-corrected chi connectivity index (χ3v) is 2.51. The highest BCUT2D eigenvalue weighted by Gasteiger charge is 2.18. The van der Waals surface area contributed by atoms with Crippen molar-refractivity contribution < 1.29 is 15.4 Å². The average molecular weight is 240 g/mol. The molecule has 0 atom stereocenters. The molecule has 1 aromatic heterocycles. The molecule has 0 aliphatic carbocycles. The van der Waals surface area contributed by atoms with Gasteiger partial charge in [-0.3, -0.25) is 4.98 Å². The standard InChI is InChI=1S/C12H20N2O3/c1-12(2,3)14(17)7-6-9-4-5-11(16)10(8-15)13-9/h4-5,15-17H,6-8H2,1-3H3. The van der Waals surface area contributed by atoms with Gasteiger partial charge in [-0.2, -0.15) is 5.06 Å². The molecule has 0 amide bonds. The molecule has 0 fully saturated rings. The van der Waals surface area contributed by atoms with Crippen LogP contribution in [0.3, 0.4) is 0 Å². The normalized spacial score (nSPS) is 12.1. The Hall–Kier alpha value is -1.17. The largest absolute Gasteiger partial charge is 0.506 e. The summed E-state index contributed by atoms with van der Waals surface area (Å²) < 4.78 is 0.